The molecule has 0 amide bonds. The molecule has 4 heteroatoms. The van der Waals surface area contributed by atoms with Crippen LogP contribution in [0.3, 0.4) is 0 Å². The molecule has 0 radical (unpaired) electrons. The molecule has 0 aromatic heterocycles. The van der Waals surface area contributed by atoms with Crippen molar-refractivity contribution in [2.24, 2.45) is 5.73 Å². The zero-order chi connectivity index (χ0) is 10.7. The van der Waals surface area contributed by atoms with E-state index in [0.717, 1.165) is 5.56 Å². The van der Waals surface area contributed by atoms with E-state index < -0.39 is 11.9 Å². The topological polar surface area (TPSA) is 49.8 Å². The number of nitrogens with zero attached hydrogens (tertiary/aromatic N) is 1. The van der Waals surface area contributed by atoms with Crippen molar-refractivity contribution in [3.63, 3.8) is 0 Å². The quantitative estimate of drug-likeness (QED) is 0.820. The Morgan fingerprint density at radius 2 is 2.29 bits per heavy atom. The van der Waals surface area contributed by atoms with Crippen molar-refractivity contribution in [3.8, 4) is 6.07 Å². The smallest absolute Gasteiger partial charge is 0.146 e. The minimum Gasteiger partial charge on any atom is -0.323 e. The molecule has 0 spiro atoms. The summed E-state index contributed by atoms with van der Waals surface area (Å²) in [4.78, 5) is 0. The first-order valence-electron chi connectivity index (χ1n) is 4.15. The maximum atomic E-state index is 13.5. The molecule has 0 fully saturated rings. The van der Waals surface area contributed by atoms with Gasteiger partial charge in [-0.1, -0.05) is 17.7 Å². The minimum absolute atomic E-state index is 0.0407. The lowest BCUT2D eigenvalue weighted by Gasteiger charge is -2.13. The van der Waals surface area contributed by atoms with Crippen LogP contribution in [-0.4, -0.2) is 0 Å². The summed E-state index contributed by atoms with van der Waals surface area (Å²) in [5, 5.41) is 8.50. The number of nitrogens with two attached hydrogens (primary N) is 1. The van der Waals surface area contributed by atoms with Crippen LogP contribution in [0.4, 0.5) is 4.39 Å². The average Bonchev–Trinajstić information content (AvgIpc) is 2.13. The summed E-state index contributed by atoms with van der Waals surface area (Å²) < 4.78 is 13.5. The number of benzene rings is 1. The Hall–Kier alpha value is -1.11. The predicted octanol–water partition coefficient (Wildman–Crippen LogP) is 2.70. The van der Waals surface area contributed by atoms with Crippen LogP contribution >= 0.6 is 11.6 Å². The van der Waals surface area contributed by atoms with E-state index in [-0.39, 0.29) is 11.4 Å². The second kappa shape index (κ2) is 4.41. The van der Waals surface area contributed by atoms with Crippen molar-refractivity contribution < 1.29 is 4.39 Å². The summed E-state index contributed by atoms with van der Waals surface area (Å²) >= 11 is 5.62. The first-order chi connectivity index (χ1) is 6.57. The monoisotopic (exact) mass is 212 g/mol. The largest absolute Gasteiger partial charge is 0.323 e. The highest BCUT2D eigenvalue weighted by Crippen LogP contribution is 2.26. The molecule has 0 bridgehead atoms. The van der Waals surface area contributed by atoms with Gasteiger partial charge in [0, 0.05) is 11.6 Å². The molecule has 0 saturated carbocycles. The Morgan fingerprint density at radius 1 is 1.64 bits per heavy atom. The van der Waals surface area contributed by atoms with Gasteiger partial charge in [0.1, 0.15) is 5.82 Å². The van der Waals surface area contributed by atoms with Gasteiger partial charge in [0.05, 0.1) is 17.5 Å². The van der Waals surface area contributed by atoms with Crippen LogP contribution in [0.5, 0.6) is 0 Å². The van der Waals surface area contributed by atoms with E-state index in [1.54, 1.807) is 13.0 Å². The van der Waals surface area contributed by atoms with E-state index in [1.807, 2.05) is 6.07 Å². The van der Waals surface area contributed by atoms with Crippen LogP contribution in [0.15, 0.2) is 12.1 Å². The Balaban J connectivity index is 3.19. The molecule has 0 saturated heterocycles. The van der Waals surface area contributed by atoms with Gasteiger partial charge in [-0.05, 0) is 18.6 Å². The van der Waals surface area contributed by atoms with Crippen molar-refractivity contribution in [1.29, 1.82) is 5.26 Å². The van der Waals surface area contributed by atoms with Gasteiger partial charge in [0.25, 0.3) is 0 Å². The third-order valence-electron chi connectivity index (χ3n) is 2.03. The Morgan fingerprint density at radius 3 is 2.86 bits per heavy atom. The lowest BCUT2D eigenvalue weighted by atomic mass is 9.99. The van der Waals surface area contributed by atoms with Crippen molar-refractivity contribution in [3.05, 3.63) is 34.1 Å². The van der Waals surface area contributed by atoms with Gasteiger partial charge < -0.3 is 5.73 Å². The second-order valence-electron chi connectivity index (χ2n) is 3.06. The number of halogens is 2. The van der Waals surface area contributed by atoms with E-state index >= 15 is 0 Å². The molecule has 1 atom stereocenters. The third kappa shape index (κ3) is 2.03. The summed E-state index contributed by atoms with van der Waals surface area (Å²) in [7, 11) is 0. The van der Waals surface area contributed by atoms with Crippen molar-refractivity contribution in [2.75, 3.05) is 0 Å². The zero-order valence-electron chi connectivity index (χ0n) is 7.72. The fourth-order valence-electron chi connectivity index (χ4n) is 1.32. The number of hydrogen-bond acceptors (Lipinski definition) is 2. The molecule has 14 heavy (non-hydrogen) atoms. The Bertz CT molecular complexity index is 384. The van der Waals surface area contributed by atoms with Crippen molar-refractivity contribution >= 4 is 11.6 Å². The molecule has 1 aromatic carbocycles. The first kappa shape index (κ1) is 11.0. The van der Waals surface area contributed by atoms with E-state index in [4.69, 9.17) is 22.6 Å². The maximum Gasteiger partial charge on any atom is 0.146 e. The molecule has 1 rings (SSSR count). The van der Waals surface area contributed by atoms with Gasteiger partial charge >= 0.3 is 0 Å². The standard InChI is InChI=1S/C10H10ClFN2/c1-6-2-3-7(11)10(12)9(6)8(14)4-5-13/h2-3,8H,4,14H2,1H3/t8-/m0/s1. The van der Waals surface area contributed by atoms with Crippen LogP contribution in [-0.2, 0) is 0 Å². The molecule has 74 valence electrons. The number of hydrogen-bond donors (Lipinski definition) is 1. The van der Waals surface area contributed by atoms with Crippen LogP contribution in [0.1, 0.15) is 23.6 Å². The summed E-state index contributed by atoms with van der Waals surface area (Å²) in [6.45, 7) is 1.74. The second-order valence-corrected chi connectivity index (χ2v) is 3.47. The number of rotatable bonds is 2. The highest BCUT2D eigenvalue weighted by Gasteiger charge is 2.16. The van der Waals surface area contributed by atoms with E-state index in [9.17, 15) is 4.39 Å². The highest BCUT2D eigenvalue weighted by atomic mass is 35.5. The number of aryl methyl sites for hydroxylation is 1. The Kier molecular flexibility index (Phi) is 3.45. The summed E-state index contributed by atoms with van der Waals surface area (Å²) in [5.41, 5.74) is 6.70. The third-order valence-corrected chi connectivity index (χ3v) is 2.32. The van der Waals surface area contributed by atoms with Crippen molar-refractivity contribution in [1.82, 2.24) is 0 Å². The molecule has 0 heterocycles. The summed E-state index contributed by atoms with van der Waals surface area (Å²) in [6.07, 6.45) is 0.0815. The van der Waals surface area contributed by atoms with Gasteiger partial charge in [-0.2, -0.15) is 5.26 Å². The summed E-state index contributed by atoms with van der Waals surface area (Å²) in [5.74, 6) is -0.519. The Labute approximate surface area is 87.1 Å². The lowest BCUT2D eigenvalue weighted by Crippen LogP contribution is -2.13. The van der Waals surface area contributed by atoms with Gasteiger partial charge in [-0.25, -0.2) is 4.39 Å². The van der Waals surface area contributed by atoms with Gasteiger partial charge in [0.15, 0.2) is 0 Å². The maximum absolute atomic E-state index is 13.5. The van der Waals surface area contributed by atoms with Crippen LogP contribution < -0.4 is 5.73 Å². The molecule has 2 N–H and O–H groups in total. The fourth-order valence-corrected chi connectivity index (χ4v) is 1.48. The normalized spacial score (nSPS) is 12.2. The van der Waals surface area contributed by atoms with E-state index in [0.29, 0.717) is 5.56 Å². The molecular formula is C10H10ClFN2. The molecule has 0 unspecified atom stereocenters. The van der Waals surface area contributed by atoms with Gasteiger partial charge in [-0.15, -0.1) is 0 Å². The molecule has 0 aliphatic rings. The van der Waals surface area contributed by atoms with Gasteiger partial charge in [-0.3, -0.25) is 0 Å². The van der Waals surface area contributed by atoms with E-state index in [2.05, 4.69) is 0 Å². The van der Waals surface area contributed by atoms with Crippen LogP contribution in [0.25, 0.3) is 0 Å². The van der Waals surface area contributed by atoms with Crippen molar-refractivity contribution in [2.45, 2.75) is 19.4 Å². The molecule has 1 aromatic rings. The average molecular weight is 213 g/mol. The predicted molar refractivity (Wildman–Crippen MR) is 53.3 cm³/mol. The lowest BCUT2D eigenvalue weighted by molar-refractivity contribution is 0.582. The molecule has 0 aliphatic carbocycles. The van der Waals surface area contributed by atoms with Crippen LogP contribution in [0, 0.1) is 24.1 Å². The molecular weight excluding hydrogens is 203 g/mol. The highest BCUT2D eigenvalue weighted by molar-refractivity contribution is 6.30. The molecule has 2 nitrogen and oxygen atoms in total. The first-order valence-corrected chi connectivity index (χ1v) is 4.52. The van der Waals surface area contributed by atoms with Crippen LogP contribution in [0.2, 0.25) is 5.02 Å². The summed E-state index contributed by atoms with van der Waals surface area (Å²) in [6, 6.07) is 4.47. The van der Waals surface area contributed by atoms with Gasteiger partial charge in [0.2, 0.25) is 0 Å². The fraction of sp³-hybridized carbons (Fsp3) is 0.300. The number of nitriles is 1. The van der Waals surface area contributed by atoms with E-state index in [1.165, 1.54) is 6.07 Å². The SMILES string of the molecule is Cc1ccc(Cl)c(F)c1[C@@H](N)CC#N. The molecule has 0 aliphatic heterocycles. The minimum atomic E-state index is -0.612. The zero-order valence-corrected chi connectivity index (χ0v) is 8.48.